The van der Waals surface area contributed by atoms with E-state index >= 15 is 0 Å². The molecule has 0 bridgehead atoms. The molecule has 1 saturated heterocycles. The van der Waals surface area contributed by atoms with Crippen molar-refractivity contribution in [1.82, 2.24) is 10.2 Å². The van der Waals surface area contributed by atoms with Crippen LogP contribution in [0.5, 0.6) is 0 Å². The monoisotopic (exact) mass is 168 g/mol. The molecule has 0 aliphatic carbocycles. The maximum absolute atomic E-state index is 11.3. The zero-order valence-electron chi connectivity index (χ0n) is 7.55. The van der Waals surface area contributed by atoms with Gasteiger partial charge in [-0.2, -0.15) is 0 Å². The normalized spacial score (nSPS) is 23.8. The van der Waals surface area contributed by atoms with E-state index < -0.39 is 0 Å². The first kappa shape index (κ1) is 9.26. The van der Waals surface area contributed by atoms with Crippen molar-refractivity contribution in [3.63, 3.8) is 0 Å². The second kappa shape index (κ2) is 4.26. The molecule has 1 aliphatic rings. The van der Waals surface area contributed by atoms with E-state index in [1.165, 1.54) is 6.08 Å². The summed E-state index contributed by atoms with van der Waals surface area (Å²) in [5.41, 5.74) is 0. The van der Waals surface area contributed by atoms with Gasteiger partial charge in [0.2, 0.25) is 5.91 Å². The third kappa shape index (κ3) is 1.85. The van der Waals surface area contributed by atoms with Gasteiger partial charge in [-0.25, -0.2) is 0 Å². The van der Waals surface area contributed by atoms with Gasteiger partial charge < -0.3 is 10.2 Å². The van der Waals surface area contributed by atoms with E-state index in [-0.39, 0.29) is 5.91 Å². The van der Waals surface area contributed by atoms with Crippen molar-refractivity contribution in [3.05, 3.63) is 12.7 Å². The molecule has 0 aromatic rings. The zero-order chi connectivity index (χ0) is 8.97. The molecule has 0 unspecified atom stereocenters. The molecule has 0 radical (unpaired) electrons. The number of nitrogens with zero attached hydrogens (tertiary/aromatic N) is 1. The van der Waals surface area contributed by atoms with Crippen LogP contribution in [0.15, 0.2) is 12.7 Å². The van der Waals surface area contributed by atoms with Crippen LogP contribution >= 0.6 is 0 Å². The van der Waals surface area contributed by atoms with E-state index in [9.17, 15) is 4.79 Å². The molecule has 3 nitrogen and oxygen atoms in total. The lowest BCUT2D eigenvalue weighted by molar-refractivity contribution is -0.129. The number of hydrogen-bond donors (Lipinski definition) is 1. The minimum absolute atomic E-state index is 0.0587. The lowest BCUT2D eigenvalue weighted by Gasteiger charge is -2.34. The van der Waals surface area contributed by atoms with Gasteiger partial charge in [0.15, 0.2) is 0 Å². The van der Waals surface area contributed by atoms with Crippen LogP contribution in [0.25, 0.3) is 0 Å². The first-order valence-electron chi connectivity index (χ1n) is 4.43. The van der Waals surface area contributed by atoms with Gasteiger partial charge in [0, 0.05) is 25.7 Å². The topological polar surface area (TPSA) is 32.3 Å². The number of carbonyl (C=O) groups is 1. The van der Waals surface area contributed by atoms with Gasteiger partial charge in [-0.15, -0.1) is 0 Å². The summed E-state index contributed by atoms with van der Waals surface area (Å²) in [6, 6.07) is 0.351. The minimum atomic E-state index is 0.0587. The first-order valence-corrected chi connectivity index (χ1v) is 4.43. The maximum atomic E-state index is 11.3. The Balaban J connectivity index is 2.58. The summed E-state index contributed by atoms with van der Waals surface area (Å²) in [7, 11) is 0. The zero-order valence-corrected chi connectivity index (χ0v) is 7.55. The molecule has 1 fully saturated rings. The molecule has 1 amide bonds. The standard InChI is InChI=1S/C9H16N2O/c1-3-8-7-10-5-6-11(8)9(12)4-2/h4,8,10H,2-3,5-7H2,1H3/t8-/m1/s1. The SMILES string of the molecule is C=CC(=O)N1CCNC[C@H]1CC. The largest absolute Gasteiger partial charge is 0.334 e. The van der Waals surface area contributed by atoms with Crippen molar-refractivity contribution in [2.45, 2.75) is 19.4 Å². The molecule has 1 atom stereocenters. The van der Waals surface area contributed by atoms with Gasteiger partial charge in [-0.1, -0.05) is 13.5 Å². The molecular weight excluding hydrogens is 152 g/mol. The van der Waals surface area contributed by atoms with E-state index in [0.29, 0.717) is 6.04 Å². The number of rotatable bonds is 2. The van der Waals surface area contributed by atoms with Crippen LogP contribution in [-0.2, 0) is 4.79 Å². The minimum Gasteiger partial charge on any atom is -0.334 e. The first-order chi connectivity index (χ1) is 5.79. The summed E-state index contributed by atoms with van der Waals surface area (Å²) in [4.78, 5) is 13.2. The second-order valence-electron chi connectivity index (χ2n) is 3.00. The summed E-state index contributed by atoms with van der Waals surface area (Å²) in [5.74, 6) is 0.0587. The van der Waals surface area contributed by atoms with Crippen LogP contribution < -0.4 is 5.32 Å². The number of carbonyl (C=O) groups excluding carboxylic acids is 1. The Morgan fingerprint density at radius 2 is 2.58 bits per heavy atom. The molecule has 1 N–H and O–H groups in total. The van der Waals surface area contributed by atoms with Gasteiger partial charge in [0.1, 0.15) is 0 Å². The Morgan fingerprint density at radius 1 is 1.83 bits per heavy atom. The van der Waals surface area contributed by atoms with Crippen molar-refractivity contribution in [2.24, 2.45) is 0 Å². The smallest absolute Gasteiger partial charge is 0.246 e. The molecule has 1 heterocycles. The molecular formula is C9H16N2O. The summed E-state index contributed by atoms with van der Waals surface area (Å²) in [6.45, 7) is 8.21. The second-order valence-corrected chi connectivity index (χ2v) is 3.00. The third-order valence-electron chi connectivity index (χ3n) is 2.28. The van der Waals surface area contributed by atoms with E-state index in [0.717, 1.165) is 26.1 Å². The van der Waals surface area contributed by atoms with Crippen molar-refractivity contribution in [2.75, 3.05) is 19.6 Å². The van der Waals surface area contributed by atoms with E-state index in [1.54, 1.807) is 0 Å². The fourth-order valence-corrected chi connectivity index (χ4v) is 1.53. The highest BCUT2D eigenvalue weighted by molar-refractivity contribution is 5.87. The summed E-state index contributed by atoms with van der Waals surface area (Å²) >= 11 is 0. The highest BCUT2D eigenvalue weighted by Crippen LogP contribution is 2.07. The Labute approximate surface area is 73.4 Å². The van der Waals surface area contributed by atoms with Gasteiger partial charge in [0.25, 0.3) is 0 Å². The molecule has 0 aromatic heterocycles. The van der Waals surface area contributed by atoms with Crippen LogP contribution in [0, 0.1) is 0 Å². The highest BCUT2D eigenvalue weighted by atomic mass is 16.2. The lowest BCUT2D eigenvalue weighted by atomic mass is 10.1. The lowest BCUT2D eigenvalue weighted by Crippen LogP contribution is -2.52. The molecule has 1 rings (SSSR count). The number of hydrogen-bond acceptors (Lipinski definition) is 2. The molecule has 12 heavy (non-hydrogen) atoms. The van der Waals surface area contributed by atoms with Crippen molar-refractivity contribution >= 4 is 5.91 Å². The van der Waals surface area contributed by atoms with Crippen LogP contribution in [0.2, 0.25) is 0 Å². The highest BCUT2D eigenvalue weighted by Gasteiger charge is 2.22. The molecule has 0 saturated carbocycles. The maximum Gasteiger partial charge on any atom is 0.246 e. The van der Waals surface area contributed by atoms with E-state index in [4.69, 9.17) is 0 Å². The van der Waals surface area contributed by atoms with Crippen LogP contribution in [0.3, 0.4) is 0 Å². The fraction of sp³-hybridized carbons (Fsp3) is 0.667. The molecule has 3 heteroatoms. The predicted molar refractivity (Wildman–Crippen MR) is 48.9 cm³/mol. The summed E-state index contributed by atoms with van der Waals surface area (Å²) in [6.07, 6.45) is 2.40. The van der Waals surface area contributed by atoms with Crippen LogP contribution in [0.1, 0.15) is 13.3 Å². The van der Waals surface area contributed by atoms with Crippen molar-refractivity contribution in [1.29, 1.82) is 0 Å². The van der Waals surface area contributed by atoms with Gasteiger partial charge in [-0.3, -0.25) is 4.79 Å². The molecule has 68 valence electrons. The quantitative estimate of drug-likeness (QED) is 0.605. The fourth-order valence-electron chi connectivity index (χ4n) is 1.53. The van der Waals surface area contributed by atoms with E-state index in [1.807, 2.05) is 4.90 Å². The Bertz CT molecular complexity index is 179. The Kier molecular flexibility index (Phi) is 3.29. The van der Waals surface area contributed by atoms with Gasteiger partial charge in [-0.05, 0) is 12.5 Å². The average molecular weight is 168 g/mol. The van der Waals surface area contributed by atoms with Crippen LogP contribution in [-0.4, -0.2) is 36.5 Å². The predicted octanol–water partition coefficient (Wildman–Crippen LogP) is 0.383. The van der Waals surface area contributed by atoms with E-state index in [2.05, 4.69) is 18.8 Å². The summed E-state index contributed by atoms with van der Waals surface area (Å²) < 4.78 is 0. The third-order valence-corrected chi connectivity index (χ3v) is 2.28. The van der Waals surface area contributed by atoms with Crippen molar-refractivity contribution < 1.29 is 4.79 Å². The number of nitrogens with one attached hydrogen (secondary N) is 1. The Hall–Kier alpha value is -0.830. The Morgan fingerprint density at radius 3 is 3.17 bits per heavy atom. The molecule has 0 spiro atoms. The molecule has 0 aromatic carbocycles. The summed E-state index contributed by atoms with van der Waals surface area (Å²) in [5, 5.41) is 3.27. The van der Waals surface area contributed by atoms with Crippen molar-refractivity contribution in [3.8, 4) is 0 Å². The van der Waals surface area contributed by atoms with Gasteiger partial charge >= 0.3 is 0 Å². The average Bonchev–Trinajstić information content (AvgIpc) is 2.16. The molecule has 1 aliphatic heterocycles. The number of amides is 1. The van der Waals surface area contributed by atoms with Crippen LogP contribution in [0.4, 0.5) is 0 Å². The van der Waals surface area contributed by atoms with Gasteiger partial charge in [0.05, 0.1) is 0 Å². The number of piperazine rings is 1.